The lowest BCUT2D eigenvalue weighted by Crippen LogP contribution is -2.11. The van der Waals surface area contributed by atoms with Crippen LogP contribution in [0.2, 0.25) is 0 Å². The number of hydrogen-bond acceptors (Lipinski definition) is 3. The van der Waals surface area contributed by atoms with Gasteiger partial charge in [0.2, 0.25) is 0 Å². The molecule has 0 aliphatic heterocycles. The third-order valence-electron chi connectivity index (χ3n) is 1.14. The summed E-state index contributed by atoms with van der Waals surface area (Å²) in [6.45, 7) is 0. The maximum Gasteiger partial charge on any atom is 0.411 e. The minimum absolute atomic E-state index is 0.487. The van der Waals surface area contributed by atoms with Crippen LogP contribution < -0.4 is 5.32 Å². The van der Waals surface area contributed by atoms with Crippen LogP contribution in [0.1, 0.15) is 0 Å². The largest absolute Gasteiger partial charge is 0.453 e. The lowest BCUT2D eigenvalue weighted by atomic mass is 10.4. The number of carbonyl (C=O) groups excluding carboxylic acids is 1. The van der Waals surface area contributed by atoms with Crippen molar-refractivity contribution in [1.82, 2.24) is 4.98 Å². The molecule has 0 fully saturated rings. The third-order valence-corrected chi connectivity index (χ3v) is 1.73. The minimum Gasteiger partial charge on any atom is -0.453 e. The van der Waals surface area contributed by atoms with E-state index in [9.17, 15) is 4.79 Å². The van der Waals surface area contributed by atoms with E-state index in [0.717, 1.165) is 3.57 Å². The topological polar surface area (TPSA) is 51.2 Å². The lowest BCUT2D eigenvalue weighted by molar-refractivity contribution is 0.187. The van der Waals surface area contributed by atoms with E-state index in [1.54, 1.807) is 18.5 Å². The number of halogens is 1. The van der Waals surface area contributed by atoms with Crippen LogP contribution in [0, 0.1) is 3.57 Å². The Morgan fingerprint density at radius 3 is 3.00 bits per heavy atom. The summed E-state index contributed by atoms with van der Waals surface area (Å²) in [5, 5.41) is 2.50. The third kappa shape index (κ3) is 2.65. The summed E-state index contributed by atoms with van der Waals surface area (Å²) in [5.41, 5.74) is 0.633. The molecule has 4 nitrogen and oxygen atoms in total. The van der Waals surface area contributed by atoms with Gasteiger partial charge in [0, 0.05) is 9.77 Å². The molecule has 64 valence electrons. The van der Waals surface area contributed by atoms with Gasteiger partial charge in [-0.05, 0) is 28.7 Å². The van der Waals surface area contributed by atoms with Crippen molar-refractivity contribution >= 4 is 34.4 Å². The fraction of sp³-hybridized carbons (Fsp3) is 0.143. The first kappa shape index (κ1) is 9.24. The Morgan fingerprint density at radius 1 is 1.67 bits per heavy atom. The molecule has 1 heterocycles. The zero-order valence-electron chi connectivity index (χ0n) is 6.37. The van der Waals surface area contributed by atoms with Crippen molar-refractivity contribution in [2.24, 2.45) is 0 Å². The molecule has 0 atom stereocenters. The average Bonchev–Trinajstić information content (AvgIpc) is 2.04. The van der Waals surface area contributed by atoms with E-state index in [2.05, 4.69) is 37.6 Å². The van der Waals surface area contributed by atoms with Crippen molar-refractivity contribution in [3.8, 4) is 0 Å². The molecule has 5 heteroatoms. The molecule has 1 aromatic heterocycles. The lowest BCUT2D eigenvalue weighted by Gasteiger charge is -2.01. The molecule has 0 spiro atoms. The van der Waals surface area contributed by atoms with Crippen LogP contribution in [-0.2, 0) is 4.74 Å². The predicted molar refractivity (Wildman–Crippen MR) is 53.0 cm³/mol. The number of aromatic nitrogens is 1. The summed E-state index contributed by atoms with van der Waals surface area (Å²) in [4.78, 5) is 14.6. The van der Waals surface area contributed by atoms with Crippen molar-refractivity contribution in [3.05, 3.63) is 22.0 Å². The van der Waals surface area contributed by atoms with Gasteiger partial charge in [-0.1, -0.05) is 0 Å². The summed E-state index contributed by atoms with van der Waals surface area (Å²) in [6, 6.07) is 1.80. The molecule has 0 aliphatic rings. The SMILES string of the molecule is COC(=O)Nc1cncc(I)c1. The summed E-state index contributed by atoms with van der Waals surface area (Å²) < 4.78 is 5.37. The number of rotatable bonds is 1. The van der Waals surface area contributed by atoms with Gasteiger partial charge >= 0.3 is 6.09 Å². The molecular weight excluding hydrogens is 271 g/mol. The Bertz CT molecular complexity index is 290. The van der Waals surface area contributed by atoms with E-state index in [1.165, 1.54) is 7.11 Å². The van der Waals surface area contributed by atoms with Gasteiger partial charge < -0.3 is 4.74 Å². The standard InChI is InChI=1S/C7H7IN2O2/c1-12-7(11)10-6-2-5(8)3-9-4-6/h2-4H,1H3,(H,10,11). The Balaban J connectivity index is 2.69. The van der Waals surface area contributed by atoms with E-state index in [-0.39, 0.29) is 0 Å². The van der Waals surface area contributed by atoms with Gasteiger partial charge in [0.15, 0.2) is 0 Å². The van der Waals surface area contributed by atoms with E-state index < -0.39 is 6.09 Å². The first-order valence-corrected chi connectivity index (χ1v) is 4.26. The number of anilines is 1. The molecule has 0 unspecified atom stereocenters. The molecular formula is C7H7IN2O2. The molecule has 0 bridgehead atoms. The Morgan fingerprint density at radius 2 is 2.42 bits per heavy atom. The maximum atomic E-state index is 10.7. The Labute approximate surface area is 83.5 Å². The Kier molecular flexibility index (Phi) is 3.27. The van der Waals surface area contributed by atoms with Gasteiger partial charge in [-0.2, -0.15) is 0 Å². The highest BCUT2D eigenvalue weighted by molar-refractivity contribution is 14.1. The molecule has 0 saturated carbocycles. The van der Waals surface area contributed by atoms with Crippen LogP contribution in [-0.4, -0.2) is 18.2 Å². The highest BCUT2D eigenvalue weighted by atomic mass is 127. The van der Waals surface area contributed by atoms with Gasteiger partial charge in [0.1, 0.15) is 0 Å². The number of amides is 1. The molecule has 1 N–H and O–H groups in total. The van der Waals surface area contributed by atoms with E-state index in [0.29, 0.717) is 5.69 Å². The second kappa shape index (κ2) is 4.24. The van der Waals surface area contributed by atoms with Gasteiger partial charge in [-0.25, -0.2) is 4.79 Å². The highest BCUT2D eigenvalue weighted by Crippen LogP contribution is 2.09. The average molecular weight is 278 g/mol. The zero-order chi connectivity index (χ0) is 8.97. The molecule has 1 amide bonds. The fourth-order valence-corrected chi connectivity index (χ4v) is 1.15. The quantitative estimate of drug-likeness (QED) is 0.798. The van der Waals surface area contributed by atoms with Crippen LogP contribution in [0.25, 0.3) is 0 Å². The van der Waals surface area contributed by atoms with Crippen LogP contribution in [0.4, 0.5) is 10.5 Å². The molecule has 0 aliphatic carbocycles. The van der Waals surface area contributed by atoms with E-state index >= 15 is 0 Å². The first-order valence-electron chi connectivity index (χ1n) is 3.18. The van der Waals surface area contributed by atoms with Crippen molar-refractivity contribution < 1.29 is 9.53 Å². The number of ether oxygens (including phenoxy) is 1. The number of nitrogens with one attached hydrogen (secondary N) is 1. The summed E-state index contributed by atoms with van der Waals surface area (Å²) in [5.74, 6) is 0. The van der Waals surface area contributed by atoms with Crippen LogP contribution in [0.15, 0.2) is 18.5 Å². The summed E-state index contributed by atoms with van der Waals surface area (Å²) >= 11 is 2.11. The van der Waals surface area contributed by atoms with Gasteiger partial charge in [0.05, 0.1) is 19.0 Å². The Hall–Kier alpha value is -0.850. The molecule has 1 aromatic rings. The molecule has 0 saturated heterocycles. The molecule has 0 aromatic carbocycles. The van der Waals surface area contributed by atoms with Crippen LogP contribution >= 0.6 is 22.6 Å². The zero-order valence-corrected chi connectivity index (χ0v) is 8.53. The van der Waals surface area contributed by atoms with Gasteiger partial charge in [-0.3, -0.25) is 10.3 Å². The normalized spacial score (nSPS) is 9.17. The summed E-state index contributed by atoms with van der Waals surface area (Å²) in [6.07, 6.45) is 2.76. The van der Waals surface area contributed by atoms with Crippen molar-refractivity contribution in [3.63, 3.8) is 0 Å². The van der Waals surface area contributed by atoms with E-state index in [1.807, 2.05) is 0 Å². The second-order valence-electron chi connectivity index (χ2n) is 2.01. The van der Waals surface area contributed by atoms with Crippen LogP contribution in [0.5, 0.6) is 0 Å². The molecule has 1 rings (SSSR count). The monoisotopic (exact) mass is 278 g/mol. The predicted octanol–water partition coefficient (Wildman–Crippen LogP) is 1.86. The van der Waals surface area contributed by atoms with Crippen LogP contribution in [0.3, 0.4) is 0 Å². The number of methoxy groups -OCH3 is 1. The molecule has 0 radical (unpaired) electrons. The van der Waals surface area contributed by atoms with Gasteiger partial charge in [0.25, 0.3) is 0 Å². The number of nitrogens with zero attached hydrogens (tertiary/aromatic N) is 1. The number of carbonyl (C=O) groups is 1. The highest BCUT2D eigenvalue weighted by Gasteiger charge is 1.99. The van der Waals surface area contributed by atoms with Crippen molar-refractivity contribution in [2.75, 3.05) is 12.4 Å². The number of pyridine rings is 1. The first-order chi connectivity index (χ1) is 5.72. The van der Waals surface area contributed by atoms with Gasteiger partial charge in [-0.15, -0.1) is 0 Å². The number of hydrogen-bond donors (Lipinski definition) is 1. The fourth-order valence-electron chi connectivity index (χ4n) is 0.649. The van der Waals surface area contributed by atoms with E-state index in [4.69, 9.17) is 0 Å². The molecule has 12 heavy (non-hydrogen) atoms. The van der Waals surface area contributed by atoms with Crippen molar-refractivity contribution in [2.45, 2.75) is 0 Å². The second-order valence-corrected chi connectivity index (χ2v) is 3.25. The maximum absolute atomic E-state index is 10.7. The summed E-state index contributed by atoms with van der Waals surface area (Å²) in [7, 11) is 1.32. The smallest absolute Gasteiger partial charge is 0.411 e. The van der Waals surface area contributed by atoms with Crippen molar-refractivity contribution in [1.29, 1.82) is 0 Å². The minimum atomic E-state index is -0.487.